The predicted molar refractivity (Wildman–Crippen MR) is 91.1 cm³/mol. The number of ether oxygens (including phenoxy) is 1. The number of benzene rings is 2. The Bertz CT molecular complexity index is 907. The van der Waals surface area contributed by atoms with Crippen LogP contribution in [0, 0.1) is 30.9 Å². The van der Waals surface area contributed by atoms with Gasteiger partial charge in [-0.15, -0.1) is 0 Å². The van der Waals surface area contributed by atoms with Gasteiger partial charge in [-0.3, -0.25) is 14.8 Å². The van der Waals surface area contributed by atoms with Crippen molar-refractivity contribution in [3.05, 3.63) is 57.1 Å². The molecule has 2 aromatic rings. The molecule has 2 rings (SSSR count). The Morgan fingerprint density at radius 2 is 1.79 bits per heavy atom. The van der Waals surface area contributed by atoms with E-state index in [-0.39, 0.29) is 21.8 Å². The smallest absolute Gasteiger partial charge is 0.274 e. The molecule has 0 fully saturated rings. The van der Waals surface area contributed by atoms with Crippen molar-refractivity contribution >= 4 is 21.4 Å². The zero-order valence-corrected chi connectivity index (χ0v) is 14.6. The van der Waals surface area contributed by atoms with Gasteiger partial charge in [-0.25, -0.2) is 8.42 Å². The highest BCUT2D eigenvalue weighted by atomic mass is 32.2. The Hall–Kier alpha value is -2.61. The van der Waals surface area contributed by atoms with Crippen molar-refractivity contribution in [1.29, 1.82) is 0 Å². The largest absolute Gasteiger partial charge is 0.496 e. The number of methoxy groups -OCH3 is 1. The van der Waals surface area contributed by atoms with Gasteiger partial charge in [0.05, 0.1) is 28.2 Å². The molecule has 24 heavy (non-hydrogen) atoms. The van der Waals surface area contributed by atoms with Gasteiger partial charge >= 0.3 is 0 Å². The molecule has 128 valence electrons. The summed E-state index contributed by atoms with van der Waals surface area (Å²) in [6.45, 7) is 4.91. The van der Waals surface area contributed by atoms with Crippen LogP contribution in [0.1, 0.15) is 16.7 Å². The lowest BCUT2D eigenvalue weighted by molar-refractivity contribution is -0.385. The molecule has 0 bridgehead atoms. The third kappa shape index (κ3) is 3.33. The first kappa shape index (κ1) is 17.7. The van der Waals surface area contributed by atoms with E-state index in [0.29, 0.717) is 16.9 Å². The van der Waals surface area contributed by atoms with Crippen LogP contribution in [0.3, 0.4) is 0 Å². The molecule has 0 spiro atoms. The molecule has 0 aromatic heterocycles. The summed E-state index contributed by atoms with van der Waals surface area (Å²) in [7, 11) is -2.37. The highest BCUT2D eigenvalue weighted by Gasteiger charge is 2.22. The van der Waals surface area contributed by atoms with Crippen LogP contribution in [0.2, 0.25) is 0 Å². The Morgan fingerprint density at radius 3 is 2.38 bits per heavy atom. The van der Waals surface area contributed by atoms with Crippen LogP contribution >= 0.6 is 0 Å². The first-order chi connectivity index (χ1) is 11.2. The molecule has 0 atom stereocenters. The summed E-state index contributed by atoms with van der Waals surface area (Å²) in [5, 5.41) is 11.0. The summed E-state index contributed by atoms with van der Waals surface area (Å²) < 4.78 is 33.0. The number of nitro groups is 1. The number of rotatable bonds is 5. The van der Waals surface area contributed by atoms with Crippen LogP contribution in [0.15, 0.2) is 35.2 Å². The quantitative estimate of drug-likeness (QED) is 0.659. The molecular weight excluding hydrogens is 332 g/mol. The third-order valence-electron chi connectivity index (χ3n) is 3.73. The number of nitrogens with one attached hydrogen (secondary N) is 1. The van der Waals surface area contributed by atoms with Crippen molar-refractivity contribution in [3.63, 3.8) is 0 Å². The Morgan fingerprint density at radius 1 is 1.12 bits per heavy atom. The first-order valence-electron chi connectivity index (χ1n) is 7.09. The van der Waals surface area contributed by atoms with E-state index in [9.17, 15) is 18.5 Å². The standard InChI is InChI=1S/C16H18N2O5S/c1-10-9-16(11(2)8-15(10)23-4)24(21,22)17-13-6-5-7-14(12(13)3)18(19)20/h5-9,17H,1-4H3. The fourth-order valence-corrected chi connectivity index (χ4v) is 3.84. The second-order valence-electron chi connectivity index (χ2n) is 5.40. The van der Waals surface area contributed by atoms with E-state index in [0.717, 1.165) is 0 Å². The highest BCUT2D eigenvalue weighted by molar-refractivity contribution is 7.92. The van der Waals surface area contributed by atoms with Gasteiger partial charge in [0.2, 0.25) is 0 Å². The molecule has 0 amide bonds. The van der Waals surface area contributed by atoms with E-state index < -0.39 is 14.9 Å². The van der Waals surface area contributed by atoms with Gasteiger partial charge in [0.25, 0.3) is 15.7 Å². The minimum Gasteiger partial charge on any atom is -0.496 e. The number of hydrogen-bond acceptors (Lipinski definition) is 5. The average molecular weight is 350 g/mol. The van der Waals surface area contributed by atoms with E-state index >= 15 is 0 Å². The molecule has 0 radical (unpaired) electrons. The zero-order valence-electron chi connectivity index (χ0n) is 13.8. The number of nitrogens with zero attached hydrogens (tertiary/aromatic N) is 1. The molecule has 1 N–H and O–H groups in total. The van der Waals surface area contributed by atoms with Crippen molar-refractivity contribution in [2.24, 2.45) is 0 Å². The molecular formula is C16H18N2O5S. The van der Waals surface area contributed by atoms with Gasteiger partial charge in [0.1, 0.15) is 5.75 Å². The van der Waals surface area contributed by atoms with E-state index in [4.69, 9.17) is 4.74 Å². The summed E-state index contributed by atoms with van der Waals surface area (Å²) in [4.78, 5) is 10.6. The minimum absolute atomic E-state index is 0.103. The Balaban J connectivity index is 2.49. The fourth-order valence-electron chi connectivity index (χ4n) is 2.40. The number of nitro benzene ring substituents is 1. The van der Waals surface area contributed by atoms with Crippen molar-refractivity contribution in [2.45, 2.75) is 25.7 Å². The average Bonchev–Trinajstić information content (AvgIpc) is 2.50. The van der Waals surface area contributed by atoms with E-state index in [1.54, 1.807) is 19.9 Å². The SMILES string of the molecule is COc1cc(C)c(S(=O)(=O)Nc2cccc([N+](=O)[O-])c2C)cc1C. The maximum atomic E-state index is 12.7. The molecule has 0 aliphatic heterocycles. The Labute approximate surface area is 140 Å². The van der Waals surface area contributed by atoms with Gasteiger partial charge < -0.3 is 4.74 Å². The second-order valence-corrected chi connectivity index (χ2v) is 7.05. The van der Waals surface area contributed by atoms with Crippen molar-refractivity contribution in [2.75, 3.05) is 11.8 Å². The summed E-state index contributed by atoms with van der Waals surface area (Å²) >= 11 is 0. The van der Waals surface area contributed by atoms with Gasteiger partial charge in [-0.2, -0.15) is 0 Å². The molecule has 2 aromatic carbocycles. The van der Waals surface area contributed by atoms with E-state index in [1.807, 2.05) is 0 Å². The van der Waals surface area contributed by atoms with Crippen LogP contribution in [-0.2, 0) is 10.0 Å². The van der Waals surface area contributed by atoms with Crippen molar-refractivity contribution in [3.8, 4) is 5.75 Å². The molecule has 0 unspecified atom stereocenters. The fraction of sp³-hybridized carbons (Fsp3) is 0.250. The monoisotopic (exact) mass is 350 g/mol. The lowest BCUT2D eigenvalue weighted by atomic mass is 10.1. The molecule has 0 aliphatic rings. The van der Waals surface area contributed by atoms with Crippen molar-refractivity contribution in [1.82, 2.24) is 0 Å². The normalized spacial score (nSPS) is 11.2. The van der Waals surface area contributed by atoms with E-state index in [2.05, 4.69) is 4.72 Å². The van der Waals surface area contributed by atoms with E-state index in [1.165, 1.54) is 38.3 Å². The molecule has 0 saturated carbocycles. The maximum absolute atomic E-state index is 12.7. The lowest BCUT2D eigenvalue weighted by Gasteiger charge is -2.14. The molecule has 0 heterocycles. The van der Waals surface area contributed by atoms with Crippen LogP contribution in [0.25, 0.3) is 0 Å². The molecule has 0 saturated heterocycles. The Kier molecular flexibility index (Phi) is 4.79. The summed E-state index contributed by atoms with van der Waals surface area (Å²) in [5.41, 5.74) is 1.50. The van der Waals surface area contributed by atoms with Gasteiger partial charge in [0, 0.05) is 6.07 Å². The molecule has 8 heteroatoms. The molecule has 0 aliphatic carbocycles. The third-order valence-corrected chi connectivity index (χ3v) is 5.24. The van der Waals surface area contributed by atoms with Crippen LogP contribution in [0.4, 0.5) is 11.4 Å². The van der Waals surface area contributed by atoms with Crippen molar-refractivity contribution < 1.29 is 18.1 Å². The number of hydrogen-bond donors (Lipinski definition) is 1. The van der Waals surface area contributed by atoms with Gasteiger partial charge in [0.15, 0.2) is 0 Å². The number of sulfonamides is 1. The topological polar surface area (TPSA) is 98.5 Å². The van der Waals surface area contributed by atoms with Crippen LogP contribution < -0.4 is 9.46 Å². The van der Waals surface area contributed by atoms with Gasteiger partial charge in [-0.1, -0.05) is 6.07 Å². The summed E-state index contributed by atoms with van der Waals surface area (Å²) in [6.07, 6.45) is 0. The first-order valence-corrected chi connectivity index (χ1v) is 8.57. The zero-order chi connectivity index (χ0) is 18.1. The van der Waals surface area contributed by atoms with Crippen LogP contribution in [0.5, 0.6) is 5.75 Å². The summed E-state index contributed by atoms with van der Waals surface area (Å²) in [5.74, 6) is 0.595. The molecule has 7 nitrogen and oxygen atoms in total. The minimum atomic E-state index is -3.88. The number of anilines is 1. The second kappa shape index (κ2) is 6.48. The van der Waals surface area contributed by atoms with Crippen LogP contribution in [-0.4, -0.2) is 20.5 Å². The highest BCUT2D eigenvalue weighted by Crippen LogP contribution is 2.30. The summed E-state index contributed by atoms with van der Waals surface area (Å²) in [6, 6.07) is 7.42. The number of aryl methyl sites for hydroxylation is 2. The predicted octanol–water partition coefficient (Wildman–Crippen LogP) is 3.33. The lowest BCUT2D eigenvalue weighted by Crippen LogP contribution is -2.15. The van der Waals surface area contributed by atoms with Gasteiger partial charge in [-0.05, 0) is 50.1 Å². The maximum Gasteiger partial charge on any atom is 0.274 e.